The van der Waals surface area contributed by atoms with Crippen molar-refractivity contribution >= 4 is 35.2 Å². The minimum atomic E-state index is -0.877. The predicted molar refractivity (Wildman–Crippen MR) is 131 cm³/mol. The molecule has 36 heavy (non-hydrogen) atoms. The molecule has 0 unspecified atom stereocenters. The normalized spacial score (nSPS) is 23.0. The van der Waals surface area contributed by atoms with Crippen molar-refractivity contribution in [2.45, 2.75) is 44.7 Å². The molecule has 0 aromatic heterocycles. The fourth-order valence-corrected chi connectivity index (χ4v) is 5.03. The summed E-state index contributed by atoms with van der Waals surface area (Å²) in [5.74, 6) is -0.907. The second-order valence-electron chi connectivity index (χ2n) is 9.69. The number of piperazine rings is 1. The van der Waals surface area contributed by atoms with Gasteiger partial charge in [0.25, 0.3) is 0 Å². The zero-order chi connectivity index (χ0) is 25.7. The molecule has 11 nitrogen and oxygen atoms in total. The molecule has 0 radical (unpaired) electrons. The summed E-state index contributed by atoms with van der Waals surface area (Å²) in [5.41, 5.74) is 1.07. The van der Waals surface area contributed by atoms with Gasteiger partial charge in [0.05, 0.1) is 19.6 Å². The molecule has 0 bridgehead atoms. The number of benzene rings is 1. The van der Waals surface area contributed by atoms with Crippen LogP contribution in [0.3, 0.4) is 0 Å². The molecular weight excluding hydrogens is 464 g/mol. The molecule has 1 aromatic rings. The number of carbonyl (C=O) groups is 5. The first kappa shape index (κ1) is 25.6. The van der Waals surface area contributed by atoms with Gasteiger partial charge in [0.1, 0.15) is 12.1 Å². The van der Waals surface area contributed by atoms with Crippen molar-refractivity contribution in [3.05, 3.63) is 29.8 Å². The fourth-order valence-electron chi connectivity index (χ4n) is 5.03. The van der Waals surface area contributed by atoms with Gasteiger partial charge in [0.2, 0.25) is 17.7 Å². The Morgan fingerprint density at radius 2 is 1.75 bits per heavy atom. The van der Waals surface area contributed by atoms with Crippen molar-refractivity contribution in [3.8, 4) is 0 Å². The van der Waals surface area contributed by atoms with Crippen LogP contribution in [0.4, 0.5) is 10.5 Å². The summed E-state index contributed by atoms with van der Waals surface area (Å²) >= 11 is 0. The third-order valence-corrected chi connectivity index (χ3v) is 7.19. The van der Waals surface area contributed by atoms with Crippen LogP contribution in [0.5, 0.6) is 0 Å². The van der Waals surface area contributed by atoms with Crippen molar-refractivity contribution in [2.75, 3.05) is 44.6 Å². The van der Waals surface area contributed by atoms with Crippen LogP contribution in [0.1, 0.15) is 43.0 Å². The molecule has 5 amide bonds. The summed E-state index contributed by atoms with van der Waals surface area (Å²) in [7, 11) is 0. The molecule has 3 saturated heterocycles. The molecule has 3 fully saturated rings. The number of anilines is 1. The Morgan fingerprint density at radius 3 is 2.42 bits per heavy atom. The number of nitrogens with zero attached hydrogens (tertiary/aromatic N) is 2. The Hall–Kier alpha value is -3.47. The van der Waals surface area contributed by atoms with Crippen LogP contribution < -0.4 is 21.3 Å². The van der Waals surface area contributed by atoms with Crippen LogP contribution in [-0.2, 0) is 14.4 Å². The molecule has 194 valence electrons. The third-order valence-electron chi connectivity index (χ3n) is 7.19. The average Bonchev–Trinajstić information content (AvgIpc) is 2.90. The van der Waals surface area contributed by atoms with E-state index in [0.29, 0.717) is 24.2 Å². The Kier molecular flexibility index (Phi) is 8.19. The number of carbonyl (C=O) groups excluding carboxylic acids is 5. The van der Waals surface area contributed by atoms with Crippen molar-refractivity contribution < 1.29 is 29.3 Å². The predicted octanol–water partition coefficient (Wildman–Crippen LogP) is -0.698. The highest BCUT2D eigenvalue weighted by molar-refractivity contribution is 5.96. The molecular formula is C25H35N6O5+. The van der Waals surface area contributed by atoms with Crippen molar-refractivity contribution in [3.63, 3.8) is 0 Å². The lowest BCUT2D eigenvalue weighted by Crippen LogP contribution is -2.86. The topological polar surface area (TPSA) is 145 Å². The summed E-state index contributed by atoms with van der Waals surface area (Å²) in [6, 6.07) is 4.68. The van der Waals surface area contributed by atoms with Gasteiger partial charge in [0, 0.05) is 49.6 Å². The van der Waals surface area contributed by atoms with E-state index in [2.05, 4.69) is 21.3 Å². The van der Waals surface area contributed by atoms with Gasteiger partial charge in [-0.25, -0.2) is 4.79 Å². The van der Waals surface area contributed by atoms with E-state index in [9.17, 15) is 24.0 Å². The second kappa shape index (κ2) is 11.5. The minimum absolute atomic E-state index is 0.0299. The van der Waals surface area contributed by atoms with Gasteiger partial charge in [0.15, 0.2) is 5.78 Å². The number of hydrogen-bond acceptors (Lipinski definition) is 5. The Morgan fingerprint density at radius 1 is 1.03 bits per heavy atom. The van der Waals surface area contributed by atoms with E-state index in [1.54, 1.807) is 29.2 Å². The van der Waals surface area contributed by atoms with Crippen molar-refractivity contribution in [2.24, 2.45) is 5.92 Å². The summed E-state index contributed by atoms with van der Waals surface area (Å²) in [4.78, 5) is 66.6. The largest absolute Gasteiger partial charge is 0.354 e. The average molecular weight is 500 g/mol. The lowest BCUT2D eigenvalue weighted by Gasteiger charge is -2.42. The standard InChI is InChI=1S/C25H34N6O5/c1-16(32)17-4-6-19(7-5-17)28-25(36)30-13-14-31(24(35)18-8-11-26-12-9-18)21(15-30)23(34)29-20-3-2-10-27-22(20)33/h4-7,18,20-21,26H,2-3,8-15H2,1H3,(H,27,33)(H,28,36)(H,29,34)/p+1/t20-,21+/m0/s1. The van der Waals surface area contributed by atoms with E-state index in [1.165, 1.54) is 11.8 Å². The van der Waals surface area contributed by atoms with E-state index in [0.717, 1.165) is 32.4 Å². The molecule has 0 aliphatic carbocycles. The van der Waals surface area contributed by atoms with E-state index < -0.39 is 24.0 Å². The highest BCUT2D eigenvalue weighted by Crippen LogP contribution is 2.20. The summed E-state index contributed by atoms with van der Waals surface area (Å²) in [6.45, 7) is 4.37. The van der Waals surface area contributed by atoms with Gasteiger partial charge in [-0.1, -0.05) is 0 Å². The zero-order valence-corrected chi connectivity index (χ0v) is 20.6. The van der Waals surface area contributed by atoms with Crippen LogP contribution in [-0.4, -0.2) is 90.7 Å². The minimum Gasteiger partial charge on any atom is -0.354 e. The first-order valence-electron chi connectivity index (χ1n) is 12.7. The fraction of sp³-hybridized carbons (Fsp3) is 0.560. The molecule has 3 aliphatic rings. The molecule has 3 heterocycles. The van der Waals surface area contributed by atoms with Crippen LogP contribution in [0.2, 0.25) is 0 Å². The third kappa shape index (κ3) is 6.01. The van der Waals surface area contributed by atoms with E-state index >= 15 is 0 Å². The molecule has 3 aliphatic heterocycles. The van der Waals surface area contributed by atoms with Crippen LogP contribution >= 0.6 is 0 Å². The number of ketones is 1. The molecule has 11 heteroatoms. The monoisotopic (exact) mass is 499 g/mol. The highest BCUT2D eigenvalue weighted by atomic mass is 16.2. The van der Waals surface area contributed by atoms with E-state index in [-0.39, 0.29) is 43.1 Å². The molecule has 0 saturated carbocycles. The number of rotatable bonds is 5. The second-order valence-corrected chi connectivity index (χ2v) is 9.69. The van der Waals surface area contributed by atoms with Gasteiger partial charge >= 0.3 is 6.03 Å². The van der Waals surface area contributed by atoms with Crippen molar-refractivity contribution in [1.82, 2.24) is 20.4 Å². The van der Waals surface area contributed by atoms with Gasteiger partial charge in [-0.05, 0) is 44.0 Å². The maximum absolute atomic E-state index is 13.4. The first-order valence-corrected chi connectivity index (χ1v) is 12.7. The van der Waals surface area contributed by atoms with Gasteiger partial charge < -0.3 is 31.1 Å². The lowest BCUT2D eigenvalue weighted by atomic mass is 9.95. The maximum atomic E-state index is 13.4. The van der Waals surface area contributed by atoms with Crippen LogP contribution in [0.15, 0.2) is 24.3 Å². The number of Topliss-reactive ketones (excluding diaryl/α,β-unsaturated/α-hetero) is 1. The molecule has 5 N–H and O–H groups in total. The number of nitrogens with one attached hydrogen (secondary N) is 3. The number of urea groups is 1. The smallest absolute Gasteiger partial charge is 0.321 e. The Bertz CT molecular complexity index is 1010. The lowest BCUT2D eigenvalue weighted by molar-refractivity contribution is -0.664. The van der Waals surface area contributed by atoms with E-state index in [4.69, 9.17) is 0 Å². The molecule has 0 spiro atoms. The van der Waals surface area contributed by atoms with Gasteiger partial charge in [-0.15, -0.1) is 0 Å². The Balaban J connectivity index is 1.46. The van der Waals surface area contributed by atoms with Crippen molar-refractivity contribution in [1.29, 1.82) is 0 Å². The van der Waals surface area contributed by atoms with Gasteiger partial charge in [-0.3, -0.25) is 19.2 Å². The zero-order valence-electron chi connectivity index (χ0n) is 20.6. The maximum Gasteiger partial charge on any atom is 0.321 e. The molecule has 2 atom stereocenters. The first-order chi connectivity index (χ1) is 17.3. The molecule has 4 rings (SSSR count). The van der Waals surface area contributed by atoms with Crippen LogP contribution in [0, 0.1) is 5.92 Å². The number of hydrogen-bond donors (Lipinski definition) is 4. The summed E-state index contributed by atoms with van der Waals surface area (Å²) in [6.07, 6.45) is 2.82. The number of piperidine rings is 2. The highest BCUT2D eigenvalue weighted by Gasteiger charge is 2.41. The Labute approximate surface area is 210 Å². The van der Waals surface area contributed by atoms with Crippen LogP contribution in [0.25, 0.3) is 0 Å². The quantitative estimate of drug-likeness (QED) is 0.396. The number of quaternary nitrogens is 1. The summed E-state index contributed by atoms with van der Waals surface area (Å²) < 4.78 is 0. The summed E-state index contributed by atoms with van der Waals surface area (Å²) in [5, 5.41) is 10.6. The number of amides is 5. The SMILES string of the molecule is CC(=O)c1ccc(NC(=O)N2CCN(C(=O)C3CC[NH2+]CC3)[C@@H](C(=O)N[C@H]3CCCNC3=O)C2)cc1. The number of nitrogens with two attached hydrogens (primary N) is 1. The molecule has 1 aromatic carbocycles. The van der Waals surface area contributed by atoms with Gasteiger partial charge in [-0.2, -0.15) is 0 Å². The van der Waals surface area contributed by atoms with E-state index in [1.807, 2.05) is 0 Å².